The SMILES string of the molecule is COC(=O)C=CC(=O)OC.COP(CCP(OC)OC)OC.F[P-](F)(F)(F)(F)F.[C-]#[O+].[CH]1C=CC=C1.[Mo]. The maximum Gasteiger partial charge on any atom is 0.00506 e. The van der Waals surface area contributed by atoms with Crippen molar-refractivity contribution in [2.24, 2.45) is 0 Å². The summed E-state index contributed by atoms with van der Waals surface area (Å²) in [5.41, 5.74) is 0. The third kappa shape index (κ3) is 56.6. The van der Waals surface area contributed by atoms with Crippen LogP contribution in [0.2, 0.25) is 0 Å². The minimum atomic E-state index is -10.7. The van der Waals surface area contributed by atoms with Crippen molar-refractivity contribution in [3.05, 3.63) is 49.5 Å². The van der Waals surface area contributed by atoms with E-state index in [9.17, 15) is 34.8 Å². The topological polar surface area (TPSA) is 109 Å². The van der Waals surface area contributed by atoms with Crippen LogP contribution in [0.15, 0.2) is 36.5 Å². The molecular formula is C18H29F6MoO9P3-. The molecule has 0 aliphatic heterocycles. The van der Waals surface area contributed by atoms with Gasteiger partial charge in [0.05, 0.1) is 14.2 Å². The number of allylic oxidation sites excluding steroid dienone is 4. The number of ether oxygens (including phenoxy) is 2. The standard InChI is InChI=1S/C6H16O4P2.C6H8O4.C5H5.CO.F6P.Mo/c1-7-11(8-2)5-6-12(9-3)10-4;1-9-5(7)3-4-6(8)10-2;1-2-4-5-3-1;1-2;1-7(2,3,4,5)6;/h5-6H2,1-4H3;3-4H,1-2H3;1-5H;;;/q;;;;-1;. The molecule has 0 aromatic heterocycles. The van der Waals surface area contributed by atoms with E-state index in [1.165, 1.54) is 14.2 Å². The van der Waals surface area contributed by atoms with Crippen LogP contribution in [0.5, 0.6) is 0 Å². The van der Waals surface area contributed by atoms with Crippen molar-refractivity contribution in [2.45, 2.75) is 0 Å². The largest absolute Gasteiger partial charge is 0.0767 e. The van der Waals surface area contributed by atoms with Crippen LogP contribution in [0, 0.1) is 13.1 Å². The molecule has 9 nitrogen and oxygen atoms in total. The molecule has 19 heteroatoms. The van der Waals surface area contributed by atoms with E-state index in [1.807, 2.05) is 30.7 Å². The minimum absolute atomic E-state index is 0. The molecule has 0 spiro atoms. The molecule has 1 rings (SSSR count). The fraction of sp³-hybridized carbons (Fsp3) is 0.444. The quantitative estimate of drug-likeness (QED) is 0.0497. The molecule has 0 bridgehead atoms. The van der Waals surface area contributed by atoms with Crippen molar-refractivity contribution in [2.75, 3.05) is 55.0 Å². The van der Waals surface area contributed by atoms with E-state index in [0.717, 1.165) is 24.5 Å². The molecule has 0 aromatic rings. The molecule has 0 N–H and O–H groups in total. The van der Waals surface area contributed by atoms with Crippen molar-refractivity contribution in [1.82, 2.24) is 0 Å². The van der Waals surface area contributed by atoms with Gasteiger partial charge in [0, 0.05) is 80.4 Å². The van der Waals surface area contributed by atoms with Gasteiger partial charge >= 0.3 is 56.2 Å². The second-order valence-corrected chi connectivity index (χ2v) is 10.7. The third-order valence-electron chi connectivity index (χ3n) is 2.59. The first-order chi connectivity index (χ1) is 16.4. The summed E-state index contributed by atoms with van der Waals surface area (Å²) >= 11 is 0. The maximum absolute atomic E-state index is 10.7. The summed E-state index contributed by atoms with van der Waals surface area (Å²) in [6, 6.07) is 0. The van der Waals surface area contributed by atoms with Crippen LogP contribution in [-0.4, -0.2) is 66.9 Å². The van der Waals surface area contributed by atoms with Crippen LogP contribution in [0.4, 0.5) is 25.2 Å². The van der Waals surface area contributed by atoms with Crippen molar-refractivity contribution < 1.29 is 88.1 Å². The summed E-state index contributed by atoms with van der Waals surface area (Å²) < 4.78 is 95.4. The van der Waals surface area contributed by atoms with Gasteiger partial charge in [-0.2, -0.15) is 0 Å². The summed E-state index contributed by atoms with van der Waals surface area (Å²) in [6.45, 7) is 4.50. The Morgan fingerprint density at radius 2 is 0.946 bits per heavy atom. The molecule has 0 saturated carbocycles. The Kier molecular flexibility index (Phi) is 30.4. The zero-order valence-electron chi connectivity index (χ0n) is 20.6. The van der Waals surface area contributed by atoms with Gasteiger partial charge in [-0.3, -0.25) is 0 Å². The van der Waals surface area contributed by atoms with Gasteiger partial charge in [0.2, 0.25) is 0 Å². The third-order valence-corrected chi connectivity index (χ3v) is 5.75. The van der Waals surface area contributed by atoms with Crippen molar-refractivity contribution in [3.8, 4) is 0 Å². The van der Waals surface area contributed by atoms with Gasteiger partial charge in [-0.25, -0.2) is 9.59 Å². The normalized spacial score (nSPS) is 13.1. The van der Waals surface area contributed by atoms with Crippen molar-refractivity contribution >= 4 is 36.5 Å². The first-order valence-electron chi connectivity index (χ1n) is 8.92. The Balaban J connectivity index is -0.000000124. The van der Waals surface area contributed by atoms with Crippen LogP contribution in [0.1, 0.15) is 0 Å². The van der Waals surface area contributed by atoms with Crippen molar-refractivity contribution in [3.63, 3.8) is 0 Å². The minimum Gasteiger partial charge on any atom is -0.0767 e. The molecule has 0 unspecified atom stereocenters. The molecule has 0 heterocycles. The molecule has 1 radical (unpaired) electrons. The Labute approximate surface area is 228 Å². The van der Waals surface area contributed by atoms with Crippen LogP contribution in [-0.2, 0) is 62.9 Å². The molecule has 0 saturated heterocycles. The zero-order valence-corrected chi connectivity index (χ0v) is 25.3. The fourth-order valence-electron chi connectivity index (χ4n) is 1.27. The van der Waals surface area contributed by atoms with Crippen LogP contribution >= 0.6 is 24.6 Å². The van der Waals surface area contributed by atoms with E-state index in [2.05, 4.69) is 16.1 Å². The number of rotatable bonds is 9. The summed E-state index contributed by atoms with van der Waals surface area (Å²) in [5, 5.41) is 0. The van der Waals surface area contributed by atoms with Crippen LogP contribution in [0.25, 0.3) is 0 Å². The summed E-state index contributed by atoms with van der Waals surface area (Å²) in [6.07, 6.45) is 13.7. The number of hydrogen-bond acceptors (Lipinski definition) is 8. The Bertz CT molecular complexity index is 646. The van der Waals surface area contributed by atoms with Crippen LogP contribution in [0.3, 0.4) is 0 Å². The molecule has 37 heavy (non-hydrogen) atoms. The van der Waals surface area contributed by atoms with E-state index in [1.54, 1.807) is 28.4 Å². The number of methoxy groups -OCH3 is 2. The van der Waals surface area contributed by atoms with E-state index < -0.39 is 36.5 Å². The van der Waals surface area contributed by atoms with Crippen molar-refractivity contribution in [1.29, 1.82) is 0 Å². The van der Waals surface area contributed by atoms with Gasteiger partial charge in [0.15, 0.2) is 16.8 Å². The Hall–Kier alpha value is -0.702. The second-order valence-electron chi connectivity index (χ2n) is 5.14. The van der Waals surface area contributed by atoms with Gasteiger partial charge in [-0.05, 0) is 0 Å². The molecule has 1 aliphatic carbocycles. The van der Waals surface area contributed by atoms with Gasteiger partial charge in [-0.1, -0.05) is 24.3 Å². The van der Waals surface area contributed by atoms with Gasteiger partial charge < -0.3 is 27.6 Å². The first kappa shape index (κ1) is 46.2. The Morgan fingerprint density at radius 1 is 0.703 bits per heavy atom. The number of hydrogen-bond donors (Lipinski definition) is 0. The van der Waals surface area contributed by atoms with Crippen LogP contribution < -0.4 is 0 Å². The first-order valence-corrected chi connectivity index (χ1v) is 13.7. The summed E-state index contributed by atoms with van der Waals surface area (Å²) in [7, 11) is -3.09. The summed E-state index contributed by atoms with van der Waals surface area (Å²) in [4.78, 5) is 20.6. The van der Waals surface area contributed by atoms with Gasteiger partial charge in [0.1, 0.15) is 0 Å². The molecular weight excluding hydrogens is 663 g/mol. The molecule has 0 atom stereocenters. The summed E-state index contributed by atoms with van der Waals surface area (Å²) in [5.74, 6) is -1.16. The molecule has 0 fully saturated rings. The van der Waals surface area contributed by atoms with Gasteiger partial charge in [0.25, 0.3) is 0 Å². The number of carbonyl (C=O) groups excluding carboxylic acids is 2. The number of carbonyl (C=O) groups is 2. The smallest absolute Gasteiger partial charge is 0.00506 e. The average Bonchev–Trinajstić information content (AvgIpc) is 3.40. The second kappa shape index (κ2) is 24.3. The van der Waals surface area contributed by atoms with Gasteiger partial charge in [-0.15, -0.1) is 0 Å². The molecule has 1 aliphatic rings. The number of esters is 2. The average molecular weight is 692 g/mol. The van der Waals surface area contributed by atoms with E-state index in [0.29, 0.717) is 0 Å². The predicted molar refractivity (Wildman–Crippen MR) is 125 cm³/mol. The van der Waals surface area contributed by atoms with E-state index in [-0.39, 0.29) is 21.1 Å². The van der Waals surface area contributed by atoms with E-state index >= 15 is 0 Å². The predicted octanol–water partition coefficient (Wildman–Crippen LogP) is 6.74. The molecule has 219 valence electrons. The Morgan fingerprint density at radius 3 is 1.08 bits per heavy atom. The number of halogens is 6. The molecule has 0 aromatic carbocycles. The monoisotopic (exact) mass is 694 g/mol. The molecule has 0 amide bonds. The fourth-order valence-corrected chi connectivity index (χ4v) is 3.61. The zero-order chi connectivity index (χ0) is 29.3. The maximum atomic E-state index is 10.3. The van der Waals surface area contributed by atoms with E-state index in [4.69, 9.17) is 22.7 Å².